The van der Waals surface area contributed by atoms with Crippen LogP contribution < -0.4 is 5.32 Å². The van der Waals surface area contributed by atoms with Crippen molar-refractivity contribution in [1.29, 1.82) is 0 Å². The molecule has 1 amide bonds. The van der Waals surface area contributed by atoms with Gasteiger partial charge in [-0.05, 0) is 31.0 Å². The standard InChI is InChI=1S/C22H24N2O3/c1-16-20(24-22(27-16)18-10-6-3-7-11-18)14-21(26)23-15-19(12-13-25)17-8-4-2-5-9-17/h2-11,19,25H,12-15H2,1H3,(H,23,26)/t19-/m1/s1. The van der Waals surface area contributed by atoms with Gasteiger partial charge in [0.2, 0.25) is 11.8 Å². The molecule has 0 saturated heterocycles. The van der Waals surface area contributed by atoms with Crippen LogP contribution in [0.15, 0.2) is 65.1 Å². The molecule has 1 heterocycles. The zero-order valence-corrected chi connectivity index (χ0v) is 15.4. The summed E-state index contributed by atoms with van der Waals surface area (Å²) >= 11 is 0. The number of nitrogens with one attached hydrogen (secondary N) is 1. The van der Waals surface area contributed by atoms with E-state index >= 15 is 0 Å². The average molecular weight is 364 g/mol. The molecule has 0 saturated carbocycles. The molecule has 27 heavy (non-hydrogen) atoms. The molecule has 2 aromatic carbocycles. The van der Waals surface area contributed by atoms with Crippen LogP contribution in [0.5, 0.6) is 0 Å². The topological polar surface area (TPSA) is 75.4 Å². The SMILES string of the molecule is Cc1oc(-c2ccccc2)nc1CC(=O)NC[C@@H](CCO)c1ccccc1. The first-order valence-electron chi connectivity index (χ1n) is 9.11. The number of hydrogen-bond donors (Lipinski definition) is 2. The van der Waals surface area contributed by atoms with E-state index < -0.39 is 0 Å². The maximum absolute atomic E-state index is 12.4. The Balaban J connectivity index is 1.61. The number of aromatic nitrogens is 1. The fourth-order valence-electron chi connectivity index (χ4n) is 3.02. The number of aryl methyl sites for hydroxylation is 1. The Bertz CT molecular complexity index is 860. The van der Waals surface area contributed by atoms with Crippen molar-refractivity contribution in [3.05, 3.63) is 77.7 Å². The number of hydrogen-bond acceptors (Lipinski definition) is 4. The normalized spacial score (nSPS) is 11.9. The van der Waals surface area contributed by atoms with Crippen molar-refractivity contribution < 1.29 is 14.3 Å². The predicted molar refractivity (Wildman–Crippen MR) is 104 cm³/mol. The van der Waals surface area contributed by atoms with Gasteiger partial charge in [0.25, 0.3) is 0 Å². The van der Waals surface area contributed by atoms with Gasteiger partial charge in [-0.1, -0.05) is 48.5 Å². The zero-order valence-electron chi connectivity index (χ0n) is 15.4. The fourth-order valence-corrected chi connectivity index (χ4v) is 3.02. The van der Waals surface area contributed by atoms with E-state index in [1.54, 1.807) is 0 Å². The van der Waals surface area contributed by atoms with Crippen molar-refractivity contribution in [2.75, 3.05) is 13.2 Å². The lowest BCUT2D eigenvalue weighted by molar-refractivity contribution is -0.120. The Morgan fingerprint density at radius 2 is 1.78 bits per heavy atom. The highest BCUT2D eigenvalue weighted by atomic mass is 16.4. The number of oxazole rings is 1. The molecular formula is C22H24N2O3. The largest absolute Gasteiger partial charge is 0.441 e. The molecule has 0 unspecified atom stereocenters. The Labute approximate surface area is 159 Å². The van der Waals surface area contributed by atoms with Gasteiger partial charge in [0, 0.05) is 24.6 Å². The first-order chi connectivity index (χ1) is 13.2. The molecule has 0 aliphatic carbocycles. The molecule has 5 heteroatoms. The van der Waals surface area contributed by atoms with Gasteiger partial charge in [0.05, 0.1) is 12.1 Å². The lowest BCUT2D eigenvalue weighted by Crippen LogP contribution is -2.30. The van der Waals surface area contributed by atoms with Crippen LogP contribution in [0.3, 0.4) is 0 Å². The number of rotatable bonds is 8. The minimum absolute atomic E-state index is 0.0816. The summed E-state index contributed by atoms with van der Waals surface area (Å²) in [5.74, 6) is 1.15. The minimum Gasteiger partial charge on any atom is -0.441 e. The Morgan fingerprint density at radius 3 is 2.44 bits per heavy atom. The minimum atomic E-state index is -0.107. The number of benzene rings is 2. The molecule has 0 radical (unpaired) electrons. The lowest BCUT2D eigenvalue weighted by atomic mass is 9.96. The maximum Gasteiger partial charge on any atom is 0.226 e. The van der Waals surface area contributed by atoms with Crippen molar-refractivity contribution in [2.24, 2.45) is 0 Å². The van der Waals surface area contributed by atoms with Gasteiger partial charge in [-0.15, -0.1) is 0 Å². The molecule has 140 valence electrons. The third-order valence-corrected chi connectivity index (χ3v) is 4.54. The van der Waals surface area contributed by atoms with Crippen molar-refractivity contribution in [2.45, 2.75) is 25.7 Å². The van der Waals surface area contributed by atoms with E-state index in [-0.39, 0.29) is 24.9 Å². The van der Waals surface area contributed by atoms with Crippen molar-refractivity contribution in [3.63, 3.8) is 0 Å². The molecule has 0 spiro atoms. The quantitative estimate of drug-likeness (QED) is 0.642. The third kappa shape index (κ3) is 5.05. The Hall–Kier alpha value is -2.92. The first-order valence-corrected chi connectivity index (χ1v) is 9.11. The molecule has 0 bridgehead atoms. The fraction of sp³-hybridized carbons (Fsp3) is 0.273. The molecule has 3 aromatic rings. The molecule has 5 nitrogen and oxygen atoms in total. The average Bonchev–Trinajstić information content (AvgIpc) is 3.07. The summed E-state index contributed by atoms with van der Waals surface area (Å²) < 4.78 is 5.71. The van der Waals surface area contributed by atoms with Gasteiger partial charge >= 0.3 is 0 Å². The van der Waals surface area contributed by atoms with Gasteiger partial charge in [-0.3, -0.25) is 4.79 Å². The van der Waals surface area contributed by atoms with Crippen LogP contribution in [-0.2, 0) is 11.2 Å². The molecule has 2 N–H and O–H groups in total. The van der Waals surface area contributed by atoms with E-state index in [4.69, 9.17) is 4.42 Å². The van der Waals surface area contributed by atoms with Crippen LogP contribution in [-0.4, -0.2) is 29.1 Å². The summed E-state index contributed by atoms with van der Waals surface area (Å²) in [6.07, 6.45) is 0.772. The van der Waals surface area contributed by atoms with E-state index in [0.29, 0.717) is 30.3 Å². The summed E-state index contributed by atoms with van der Waals surface area (Å²) in [4.78, 5) is 16.9. The smallest absolute Gasteiger partial charge is 0.226 e. The second-order valence-electron chi connectivity index (χ2n) is 6.49. The van der Waals surface area contributed by atoms with Gasteiger partial charge in [0.1, 0.15) is 5.76 Å². The highest BCUT2D eigenvalue weighted by Crippen LogP contribution is 2.22. The molecule has 1 aromatic heterocycles. The van der Waals surface area contributed by atoms with Crippen molar-refractivity contribution >= 4 is 5.91 Å². The summed E-state index contributed by atoms with van der Waals surface area (Å²) in [6, 6.07) is 19.5. The number of nitrogens with zero attached hydrogens (tertiary/aromatic N) is 1. The third-order valence-electron chi connectivity index (χ3n) is 4.54. The van der Waals surface area contributed by atoms with E-state index in [0.717, 1.165) is 11.1 Å². The van der Waals surface area contributed by atoms with Gasteiger partial charge < -0.3 is 14.8 Å². The molecule has 0 aliphatic heterocycles. The number of aliphatic hydroxyl groups excluding tert-OH is 1. The molecule has 0 aliphatic rings. The molecule has 1 atom stereocenters. The number of aliphatic hydroxyl groups is 1. The predicted octanol–water partition coefficient (Wildman–Crippen LogP) is 3.47. The number of carbonyl (C=O) groups excluding carboxylic acids is 1. The van der Waals surface area contributed by atoms with Gasteiger partial charge in [0.15, 0.2) is 0 Å². The van der Waals surface area contributed by atoms with Crippen molar-refractivity contribution in [3.8, 4) is 11.5 Å². The highest BCUT2D eigenvalue weighted by Gasteiger charge is 2.16. The monoisotopic (exact) mass is 364 g/mol. The maximum atomic E-state index is 12.4. The second-order valence-corrected chi connectivity index (χ2v) is 6.49. The summed E-state index contributed by atoms with van der Waals surface area (Å²) in [5, 5.41) is 12.3. The van der Waals surface area contributed by atoms with Crippen molar-refractivity contribution in [1.82, 2.24) is 10.3 Å². The highest BCUT2D eigenvalue weighted by molar-refractivity contribution is 5.78. The van der Waals surface area contributed by atoms with Crippen LogP contribution in [0.4, 0.5) is 0 Å². The number of amides is 1. The van der Waals surface area contributed by atoms with Crippen LogP contribution in [0, 0.1) is 6.92 Å². The van der Waals surface area contributed by atoms with Gasteiger partial charge in [-0.2, -0.15) is 0 Å². The second kappa shape index (κ2) is 9.14. The van der Waals surface area contributed by atoms with Gasteiger partial charge in [-0.25, -0.2) is 4.98 Å². The zero-order chi connectivity index (χ0) is 19.1. The Kier molecular flexibility index (Phi) is 6.39. The molecule has 3 rings (SSSR count). The summed E-state index contributed by atoms with van der Waals surface area (Å²) in [6.45, 7) is 2.38. The molecule has 0 fully saturated rings. The van der Waals surface area contributed by atoms with E-state index in [9.17, 15) is 9.90 Å². The molecular weight excluding hydrogens is 340 g/mol. The number of carbonyl (C=O) groups is 1. The van der Waals surface area contributed by atoms with E-state index in [1.807, 2.05) is 67.6 Å². The first kappa shape index (κ1) is 18.9. The van der Waals surface area contributed by atoms with E-state index in [2.05, 4.69) is 10.3 Å². The van der Waals surface area contributed by atoms with E-state index in [1.165, 1.54) is 0 Å². The van der Waals surface area contributed by atoms with Crippen LogP contribution in [0.2, 0.25) is 0 Å². The lowest BCUT2D eigenvalue weighted by Gasteiger charge is -2.17. The summed E-state index contributed by atoms with van der Waals surface area (Å²) in [5.41, 5.74) is 2.64. The van der Waals surface area contributed by atoms with Crippen LogP contribution in [0.25, 0.3) is 11.5 Å². The summed E-state index contributed by atoms with van der Waals surface area (Å²) in [7, 11) is 0. The Morgan fingerprint density at radius 1 is 1.11 bits per heavy atom. The van der Waals surface area contributed by atoms with Crippen LogP contribution >= 0.6 is 0 Å². The van der Waals surface area contributed by atoms with Crippen LogP contribution in [0.1, 0.15) is 29.4 Å².